The monoisotopic (exact) mass is 516 g/mol. The topological polar surface area (TPSA) is 77.9 Å². The van der Waals surface area contributed by atoms with E-state index in [0.717, 1.165) is 17.5 Å². The van der Waals surface area contributed by atoms with Crippen molar-refractivity contribution in [2.75, 3.05) is 13.1 Å². The van der Waals surface area contributed by atoms with Crippen molar-refractivity contribution < 1.29 is 19.5 Å². The molecule has 1 N–H and O–H groups in total. The summed E-state index contributed by atoms with van der Waals surface area (Å²) >= 11 is 12.5. The molecule has 2 heterocycles. The fraction of sp³-hybridized carbons (Fsp3) is 0.444. The Bertz CT molecular complexity index is 1090. The molecule has 2 amide bonds. The molecule has 0 aliphatic carbocycles. The lowest BCUT2D eigenvalue weighted by Gasteiger charge is -2.49. The standard InChI is InChI=1S/C27H30Cl2N2O4/c1-2-22(16-30-12-4-7-24(30)32)31-26(17-8-10-20(28)11-9-17)23(18-5-3-6-21(29)13-18)14-19(27(31)35)15-25(33)34/h3,5-6,8-11,13,19,22-23,26H,2,4,7,12,14-16H2,1H3,(H,33,34)/t19-,22-,23-,26-/m1/s1. The van der Waals surface area contributed by atoms with E-state index < -0.39 is 11.9 Å². The minimum Gasteiger partial charge on any atom is -0.481 e. The molecule has 8 heteroatoms. The van der Waals surface area contributed by atoms with Gasteiger partial charge in [-0.05, 0) is 54.7 Å². The van der Waals surface area contributed by atoms with Crippen LogP contribution < -0.4 is 0 Å². The first kappa shape index (κ1) is 25.5. The third kappa shape index (κ3) is 5.65. The van der Waals surface area contributed by atoms with E-state index in [4.69, 9.17) is 23.2 Å². The van der Waals surface area contributed by atoms with E-state index in [1.165, 1.54) is 0 Å². The summed E-state index contributed by atoms with van der Waals surface area (Å²) in [6.45, 7) is 3.12. The summed E-state index contributed by atoms with van der Waals surface area (Å²) in [6, 6.07) is 14.4. The number of piperidine rings is 1. The molecule has 4 atom stereocenters. The van der Waals surface area contributed by atoms with Gasteiger partial charge in [0.2, 0.25) is 11.8 Å². The Morgan fingerprint density at radius 1 is 1.09 bits per heavy atom. The number of carbonyl (C=O) groups is 3. The van der Waals surface area contributed by atoms with Crippen LogP contribution in [0.3, 0.4) is 0 Å². The van der Waals surface area contributed by atoms with E-state index in [9.17, 15) is 19.5 Å². The SMILES string of the molecule is CC[C@H](CN1CCCC1=O)N1C(=O)[C@@H](CC(=O)O)C[C@H](c2cccc(Cl)c2)[C@H]1c1ccc(Cl)cc1. The molecule has 2 saturated heterocycles. The number of carboxylic acids is 1. The summed E-state index contributed by atoms with van der Waals surface area (Å²) < 4.78 is 0. The van der Waals surface area contributed by atoms with Crippen LogP contribution in [0.2, 0.25) is 10.0 Å². The molecule has 186 valence electrons. The number of benzene rings is 2. The molecule has 4 rings (SSSR count). The molecule has 0 spiro atoms. The zero-order chi connectivity index (χ0) is 25.1. The molecular weight excluding hydrogens is 487 g/mol. The number of rotatable bonds is 8. The van der Waals surface area contributed by atoms with Gasteiger partial charge in [-0.1, -0.05) is 54.4 Å². The minimum atomic E-state index is -0.999. The first-order valence-corrected chi connectivity index (χ1v) is 12.9. The number of amides is 2. The van der Waals surface area contributed by atoms with Crippen molar-refractivity contribution in [3.8, 4) is 0 Å². The number of nitrogens with zero attached hydrogens (tertiary/aromatic N) is 2. The number of hydrogen-bond acceptors (Lipinski definition) is 3. The van der Waals surface area contributed by atoms with Crippen molar-refractivity contribution in [3.63, 3.8) is 0 Å². The van der Waals surface area contributed by atoms with Crippen LogP contribution >= 0.6 is 23.2 Å². The number of aliphatic carboxylic acids is 1. The van der Waals surface area contributed by atoms with E-state index in [-0.39, 0.29) is 36.2 Å². The molecule has 35 heavy (non-hydrogen) atoms. The summed E-state index contributed by atoms with van der Waals surface area (Å²) in [5.41, 5.74) is 1.88. The van der Waals surface area contributed by atoms with E-state index in [1.807, 2.05) is 59.2 Å². The average Bonchev–Trinajstić information content (AvgIpc) is 3.23. The lowest BCUT2D eigenvalue weighted by molar-refractivity contribution is -0.153. The highest BCUT2D eigenvalue weighted by molar-refractivity contribution is 6.30. The van der Waals surface area contributed by atoms with Gasteiger partial charge in [-0.3, -0.25) is 14.4 Å². The van der Waals surface area contributed by atoms with Crippen LogP contribution in [0.1, 0.15) is 62.1 Å². The third-order valence-electron chi connectivity index (χ3n) is 7.20. The summed E-state index contributed by atoms with van der Waals surface area (Å²) in [7, 11) is 0. The molecule has 2 aliphatic rings. The lowest BCUT2D eigenvalue weighted by atomic mass is 9.74. The van der Waals surface area contributed by atoms with Gasteiger partial charge in [0.25, 0.3) is 0 Å². The first-order valence-electron chi connectivity index (χ1n) is 12.1. The third-order valence-corrected chi connectivity index (χ3v) is 7.69. The van der Waals surface area contributed by atoms with Gasteiger partial charge in [-0.15, -0.1) is 0 Å². The fourth-order valence-corrected chi connectivity index (χ4v) is 5.86. The Morgan fingerprint density at radius 2 is 1.83 bits per heavy atom. The first-order chi connectivity index (χ1) is 16.8. The molecular formula is C27H30Cl2N2O4. The van der Waals surface area contributed by atoms with Crippen LogP contribution in [0.4, 0.5) is 0 Å². The van der Waals surface area contributed by atoms with Gasteiger partial charge in [0.05, 0.1) is 12.5 Å². The smallest absolute Gasteiger partial charge is 0.304 e. The average molecular weight is 517 g/mol. The van der Waals surface area contributed by atoms with E-state index >= 15 is 0 Å². The molecule has 0 bridgehead atoms. The molecule has 0 saturated carbocycles. The van der Waals surface area contributed by atoms with Gasteiger partial charge in [-0.2, -0.15) is 0 Å². The molecule has 6 nitrogen and oxygen atoms in total. The number of hydrogen-bond donors (Lipinski definition) is 1. The second-order valence-corrected chi connectivity index (χ2v) is 10.3. The van der Waals surface area contributed by atoms with Gasteiger partial charge in [0.15, 0.2) is 0 Å². The van der Waals surface area contributed by atoms with Gasteiger partial charge in [0.1, 0.15) is 0 Å². The maximum Gasteiger partial charge on any atom is 0.304 e. The zero-order valence-corrected chi connectivity index (χ0v) is 21.2. The van der Waals surface area contributed by atoms with Crippen molar-refractivity contribution in [3.05, 3.63) is 69.7 Å². The zero-order valence-electron chi connectivity index (χ0n) is 19.7. The van der Waals surface area contributed by atoms with Crippen molar-refractivity contribution >= 4 is 41.0 Å². The maximum absolute atomic E-state index is 13.9. The van der Waals surface area contributed by atoms with Crippen LogP contribution in [0.25, 0.3) is 0 Å². The molecule has 2 aromatic carbocycles. The number of carboxylic acid groups (broad SMARTS) is 1. The predicted molar refractivity (Wildman–Crippen MR) is 135 cm³/mol. The van der Waals surface area contributed by atoms with Crippen LogP contribution in [-0.2, 0) is 14.4 Å². The maximum atomic E-state index is 13.9. The van der Waals surface area contributed by atoms with E-state index in [1.54, 1.807) is 6.07 Å². The normalized spacial score (nSPS) is 23.6. The van der Waals surface area contributed by atoms with Gasteiger partial charge in [-0.25, -0.2) is 0 Å². The van der Waals surface area contributed by atoms with Gasteiger partial charge < -0.3 is 14.9 Å². The molecule has 0 radical (unpaired) electrons. The fourth-order valence-electron chi connectivity index (χ4n) is 5.54. The Kier molecular flexibility index (Phi) is 8.02. The highest BCUT2D eigenvalue weighted by atomic mass is 35.5. The molecule has 0 aromatic heterocycles. The highest BCUT2D eigenvalue weighted by Gasteiger charge is 2.46. The molecule has 2 fully saturated rings. The summed E-state index contributed by atoms with van der Waals surface area (Å²) in [4.78, 5) is 41.7. The summed E-state index contributed by atoms with van der Waals surface area (Å²) in [6.07, 6.45) is 2.14. The van der Waals surface area contributed by atoms with Crippen molar-refractivity contribution in [2.24, 2.45) is 5.92 Å². The minimum absolute atomic E-state index is 0.101. The van der Waals surface area contributed by atoms with Crippen molar-refractivity contribution in [2.45, 2.75) is 57.0 Å². The van der Waals surface area contributed by atoms with Crippen LogP contribution in [0.15, 0.2) is 48.5 Å². The van der Waals surface area contributed by atoms with Crippen molar-refractivity contribution in [1.82, 2.24) is 9.80 Å². The largest absolute Gasteiger partial charge is 0.481 e. The number of halogens is 2. The number of likely N-dealkylation sites (tertiary alicyclic amines) is 2. The second-order valence-electron chi connectivity index (χ2n) is 9.44. The summed E-state index contributed by atoms with van der Waals surface area (Å²) in [5.74, 6) is -1.90. The highest BCUT2D eigenvalue weighted by Crippen LogP contribution is 2.47. The molecule has 0 unspecified atom stereocenters. The quantitative estimate of drug-likeness (QED) is 0.499. The summed E-state index contributed by atoms with van der Waals surface area (Å²) in [5, 5.41) is 10.8. The van der Waals surface area contributed by atoms with Gasteiger partial charge >= 0.3 is 5.97 Å². The Hall–Kier alpha value is -2.57. The molecule has 2 aromatic rings. The predicted octanol–water partition coefficient (Wildman–Crippen LogP) is 5.54. The lowest BCUT2D eigenvalue weighted by Crippen LogP contribution is -2.55. The van der Waals surface area contributed by atoms with Crippen molar-refractivity contribution in [1.29, 1.82) is 0 Å². The number of carbonyl (C=O) groups excluding carboxylic acids is 2. The Morgan fingerprint density at radius 3 is 2.43 bits per heavy atom. The van der Waals surface area contributed by atoms with Crippen LogP contribution in [0.5, 0.6) is 0 Å². The van der Waals surface area contributed by atoms with E-state index in [2.05, 4.69) is 0 Å². The Balaban J connectivity index is 1.82. The van der Waals surface area contributed by atoms with Crippen LogP contribution in [-0.4, -0.2) is 51.8 Å². The molecule has 2 aliphatic heterocycles. The Labute approximate surface area is 215 Å². The van der Waals surface area contributed by atoms with Gasteiger partial charge in [0, 0.05) is 47.4 Å². The second kappa shape index (κ2) is 11.0. The van der Waals surface area contributed by atoms with E-state index in [0.29, 0.717) is 42.4 Å². The van der Waals surface area contributed by atoms with Crippen LogP contribution in [0, 0.1) is 5.92 Å².